The van der Waals surface area contributed by atoms with Gasteiger partial charge in [0.05, 0.1) is 24.3 Å². The first-order valence-corrected chi connectivity index (χ1v) is 16.0. The predicted octanol–water partition coefficient (Wildman–Crippen LogP) is -0.653. The minimum absolute atomic E-state index is 0.154. The van der Waals surface area contributed by atoms with E-state index in [9.17, 15) is 43.0 Å². The Morgan fingerprint density at radius 2 is 1.80 bits per heavy atom. The summed E-state index contributed by atoms with van der Waals surface area (Å²) < 4.78 is 52.6. The van der Waals surface area contributed by atoms with Gasteiger partial charge in [-0.05, 0) is 19.4 Å². The van der Waals surface area contributed by atoms with Crippen LogP contribution in [0.2, 0.25) is 0 Å². The summed E-state index contributed by atoms with van der Waals surface area (Å²) in [6.45, 7) is 2.90. The Morgan fingerprint density at radius 1 is 1.15 bits per heavy atom. The van der Waals surface area contributed by atoms with E-state index in [1.165, 1.54) is 6.08 Å². The summed E-state index contributed by atoms with van der Waals surface area (Å²) in [5, 5.41) is 10.4. The third-order valence-corrected chi connectivity index (χ3v) is 9.23. The first-order chi connectivity index (χ1) is 18.4. The third-order valence-electron chi connectivity index (χ3n) is 5.43. The minimum atomic E-state index is -5.77. The molecule has 0 amide bonds. The SMILES string of the molecule is C=CC(N)c1cn([C@H]2C[C@H](O)[C@@H](COP(=O)(O)OP(=O)(O)OP(=O)(O)O)O2)c(=O)n(C(=O)CCCCCN)c1=O. The number of hydrogen-bond acceptors (Lipinski definition) is 13. The molecule has 1 fully saturated rings. The van der Waals surface area contributed by atoms with Crippen LogP contribution in [0.3, 0.4) is 0 Å². The van der Waals surface area contributed by atoms with Gasteiger partial charge in [0, 0.05) is 19.0 Å². The average molecular weight is 636 g/mol. The molecule has 0 radical (unpaired) electrons. The van der Waals surface area contributed by atoms with Crippen LogP contribution in [0.15, 0.2) is 28.4 Å². The van der Waals surface area contributed by atoms with Crippen LogP contribution in [0.25, 0.3) is 0 Å². The first-order valence-electron chi connectivity index (χ1n) is 11.5. The fraction of sp³-hybridized carbons (Fsp3) is 0.611. The molecule has 3 unspecified atom stereocenters. The summed E-state index contributed by atoms with van der Waals surface area (Å²) in [4.78, 5) is 74.9. The van der Waals surface area contributed by atoms with Crippen molar-refractivity contribution in [2.24, 2.45) is 11.5 Å². The van der Waals surface area contributed by atoms with Gasteiger partial charge in [-0.1, -0.05) is 12.5 Å². The number of nitrogens with two attached hydrogens (primary N) is 2. The van der Waals surface area contributed by atoms with Crippen molar-refractivity contribution in [1.29, 1.82) is 0 Å². The van der Waals surface area contributed by atoms with E-state index in [4.69, 9.17) is 26.0 Å². The highest BCUT2D eigenvalue weighted by atomic mass is 31.3. The Hall–Kier alpha value is -1.66. The van der Waals surface area contributed by atoms with E-state index >= 15 is 0 Å². The Balaban J connectivity index is 2.27. The number of unbranched alkanes of at least 4 members (excludes halogenated alkanes) is 2. The second-order valence-corrected chi connectivity index (χ2v) is 12.9. The summed E-state index contributed by atoms with van der Waals surface area (Å²) in [5.41, 5.74) is 9.05. The molecular weight excluding hydrogens is 605 g/mol. The summed E-state index contributed by atoms with van der Waals surface area (Å²) in [6, 6.07) is -1.09. The summed E-state index contributed by atoms with van der Waals surface area (Å²) >= 11 is 0. The van der Waals surface area contributed by atoms with Crippen molar-refractivity contribution in [2.75, 3.05) is 13.2 Å². The molecule has 0 spiro atoms. The van der Waals surface area contributed by atoms with Crippen molar-refractivity contribution in [3.63, 3.8) is 0 Å². The van der Waals surface area contributed by atoms with Crippen LogP contribution in [-0.2, 0) is 31.6 Å². The Morgan fingerprint density at radius 3 is 2.38 bits per heavy atom. The van der Waals surface area contributed by atoms with E-state index in [0.29, 0.717) is 30.4 Å². The number of aliphatic hydroxyl groups excluding tert-OH is 1. The van der Waals surface area contributed by atoms with Crippen molar-refractivity contribution in [2.45, 2.75) is 56.6 Å². The molecule has 2 heterocycles. The van der Waals surface area contributed by atoms with Crippen molar-refractivity contribution < 1.29 is 61.1 Å². The van der Waals surface area contributed by atoms with Crippen molar-refractivity contribution in [1.82, 2.24) is 9.13 Å². The summed E-state index contributed by atoms with van der Waals surface area (Å²) in [5.74, 6) is -0.818. The van der Waals surface area contributed by atoms with Crippen molar-refractivity contribution >= 4 is 29.4 Å². The van der Waals surface area contributed by atoms with Gasteiger partial charge >= 0.3 is 29.2 Å². The molecule has 228 valence electrons. The summed E-state index contributed by atoms with van der Waals surface area (Å²) in [6.07, 6.45) is -1.02. The van der Waals surface area contributed by atoms with Gasteiger partial charge in [-0.3, -0.25) is 18.7 Å². The molecule has 0 bridgehead atoms. The highest BCUT2D eigenvalue weighted by Gasteiger charge is 2.43. The van der Waals surface area contributed by atoms with Crippen molar-refractivity contribution in [3.8, 4) is 0 Å². The number of phosphoric acid groups is 3. The first kappa shape index (κ1) is 34.5. The largest absolute Gasteiger partial charge is 0.490 e. The second kappa shape index (κ2) is 14.0. The standard InChI is InChI=1S/C18H31N4O15P3/c1-2-12(20)11-9-21(18(26)22(17(11)25)15(24)6-4-3-5-7-19)16-8-13(23)14(35-16)10-34-39(30,31)37-40(32,33)36-38(27,28)29/h2,9,12-14,16,23H,1,3-8,10,19-20H2,(H,30,31)(H,32,33)(H2,27,28,29)/t12?,13-,14+,16+/m0/s1. The number of ether oxygens (including phenoxy) is 1. The molecule has 1 aliphatic heterocycles. The highest BCUT2D eigenvalue weighted by Crippen LogP contribution is 2.66. The zero-order chi connectivity index (χ0) is 30.5. The Labute approximate surface area is 226 Å². The fourth-order valence-corrected chi connectivity index (χ4v) is 6.62. The van der Waals surface area contributed by atoms with Crippen LogP contribution in [0, 0.1) is 0 Å². The number of carbonyl (C=O) groups is 1. The van der Waals surface area contributed by atoms with E-state index in [-0.39, 0.29) is 18.4 Å². The summed E-state index contributed by atoms with van der Waals surface area (Å²) in [7, 11) is -16.9. The number of phosphoric ester groups is 1. The van der Waals surface area contributed by atoms with Crippen molar-refractivity contribution in [3.05, 3.63) is 45.3 Å². The maximum absolute atomic E-state index is 13.2. The lowest BCUT2D eigenvalue weighted by atomic mass is 10.1. The number of rotatable bonds is 15. The van der Waals surface area contributed by atoms with Crippen LogP contribution < -0.4 is 22.7 Å². The van der Waals surface area contributed by atoms with Gasteiger partial charge in [0.1, 0.15) is 12.3 Å². The van der Waals surface area contributed by atoms with E-state index in [1.807, 2.05) is 0 Å². The average Bonchev–Trinajstić information content (AvgIpc) is 3.18. The fourth-order valence-electron chi connectivity index (χ4n) is 3.59. The molecule has 0 aromatic carbocycles. The number of nitrogens with zero attached hydrogens (tertiary/aromatic N) is 2. The zero-order valence-corrected chi connectivity index (χ0v) is 23.5. The molecule has 0 aliphatic carbocycles. The Kier molecular flexibility index (Phi) is 12.1. The van der Waals surface area contributed by atoms with E-state index in [0.717, 1.165) is 10.8 Å². The molecule has 22 heteroatoms. The van der Waals surface area contributed by atoms with Gasteiger partial charge < -0.3 is 40.9 Å². The van der Waals surface area contributed by atoms with Gasteiger partial charge in [-0.2, -0.15) is 13.2 Å². The minimum Gasteiger partial charge on any atom is -0.390 e. The van der Waals surface area contributed by atoms with Gasteiger partial charge in [-0.15, -0.1) is 6.58 Å². The molecule has 1 saturated heterocycles. The number of carbonyl (C=O) groups excluding carboxylic acids is 1. The zero-order valence-electron chi connectivity index (χ0n) is 20.8. The van der Waals surface area contributed by atoms with Crippen LogP contribution in [0.4, 0.5) is 0 Å². The lowest BCUT2D eigenvalue weighted by Crippen LogP contribution is -2.46. The molecule has 19 nitrogen and oxygen atoms in total. The molecule has 2 rings (SSSR count). The normalized spacial score (nSPS) is 23.3. The molecule has 40 heavy (non-hydrogen) atoms. The van der Waals surface area contributed by atoms with Crippen LogP contribution in [-0.4, -0.2) is 65.1 Å². The molecular formula is C18H31N4O15P3. The highest BCUT2D eigenvalue weighted by molar-refractivity contribution is 7.66. The van der Waals surface area contributed by atoms with Gasteiger partial charge in [0.25, 0.3) is 5.56 Å². The van der Waals surface area contributed by atoms with Gasteiger partial charge in [0.15, 0.2) is 0 Å². The van der Waals surface area contributed by atoms with E-state index in [1.54, 1.807) is 0 Å². The monoisotopic (exact) mass is 636 g/mol. The maximum Gasteiger partial charge on any atom is 0.490 e. The maximum atomic E-state index is 13.2. The lowest BCUT2D eigenvalue weighted by Gasteiger charge is -2.20. The quantitative estimate of drug-likeness (QED) is 0.0714. The predicted molar refractivity (Wildman–Crippen MR) is 135 cm³/mol. The smallest absolute Gasteiger partial charge is 0.390 e. The molecule has 1 aromatic rings. The molecule has 1 aliphatic rings. The van der Waals surface area contributed by atoms with Gasteiger partial charge in [0.2, 0.25) is 5.91 Å². The third kappa shape index (κ3) is 9.72. The lowest BCUT2D eigenvalue weighted by molar-refractivity contribution is -0.0454. The molecule has 0 saturated carbocycles. The topological polar surface area (TPSA) is 302 Å². The van der Waals surface area contributed by atoms with Crippen LogP contribution in [0.5, 0.6) is 0 Å². The van der Waals surface area contributed by atoms with E-state index < -0.39 is 71.7 Å². The van der Waals surface area contributed by atoms with Gasteiger partial charge in [-0.25, -0.2) is 18.5 Å². The van der Waals surface area contributed by atoms with Crippen LogP contribution >= 0.6 is 23.5 Å². The van der Waals surface area contributed by atoms with Crippen LogP contribution in [0.1, 0.15) is 54.7 Å². The van der Waals surface area contributed by atoms with E-state index in [2.05, 4.69) is 19.7 Å². The number of aromatic nitrogens is 2. The number of hydrogen-bond donors (Lipinski definition) is 7. The molecule has 6 atom stereocenters. The Bertz CT molecular complexity index is 1340. The second-order valence-electron chi connectivity index (χ2n) is 8.49. The number of aliphatic hydroxyl groups is 1. The molecule has 9 N–H and O–H groups in total. The molecule has 1 aromatic heterocycles.